The third-order valence-electron chi connectivity index (χ3n) is 2.99. The van der Waals surface area contributed by atoms with Gasteiger partial charge in [0, 0.05) is 11.3 Å². The van der Waals surface area contributed by atoms with Gasteiger partial charge in [-0.1, -0.05) is 19.1 Å². The predicted octanol–water partition coefficient (Wildman–Crippen LogP) is 3.20. The van der Waals surface area contributed by atoms with Crippen LogP contribution in [0.4, 0.5) is 5.69 Å². The lowest BCUT2D eigenvalue weighted by molar-refractivity contribution is 0.0696. The van der Waals surface area contributed by atoms with Crippen LogP contribution in [0.25, 0.3) is 0 Å². The number of hydrogen-bond acceptors (Lipinski definition) is 2. The minimum Gasteiger partial charge on any atom is -0.478 e. The molecule has 0 bridgehead atoms. The van der Waals surface area contributed by atoms with Crippen LogP contribution in [0.1, 0.15) is 33.2 Å². The van der Waals surface area contributed by atoms with Crippen molar-refractivity contribution in [2.24, 2.45) is 0 Å². The standard InChI is InChI=1S/C16H15NO3/c1-2-11-4-3-5-14(10-11)17-15(18)12-6-8-13(9-7-12)16(19)20/h3-10H,2H2,1H3,(H,17,18)(H,19,20). The number of rotatable bonds is 4. The lowest BCUT2D eigenvalue weighted by Crippen LogP contribution is -2.12. The van der Waals surface area contributed by atoms with E-state index in [1.165, 1.54) is 24.3 Å². The monoisotopic (exact) mass is 269 g/mol. The van der Waals surface area contributed by atoms with Gasteiger partial charge < -0.3 is 10.4 Å². The van der Waals surface area contributed by atoms with Gasteiger partial charge in [0.25, 0.3) is 5.91 Å². The average molecular weight is 269 g/mol. The quantitative estimate of drug-likeness (QED) is 0.895. The summed E-state index contributed by atoms with van der Waals surface area (Å²) in [4.78, 5) is 22.8. The molecule has 2 rings (SSSR count). The van der Waals surface area contributed by atoms with Crippen LogP contribution in [0.3, 0.4) is 0 Å². The summed E-state index contributed by atoms with van der Waals surface area (Å²) in [6.45, 7) is 2.05. The summed E-state index contributed by atoms with van der Waals surface area (Å²) in [7, 11) is 0. The van der Waals surface area contributed by atoms with Crippen molar-refractivity contribution in [3.63, 3.8) is 0 Å². The van der Waals surface area contributed by atoms with E-state index in [4.69, 9.17) is 5.11 Å². The van der Waals surface area contributed by atoms with Crippen LogP contribution in [0.15, 0.2) is 48.5 Å². The van der Waals surface area contributed by atoms with Gasteiger partial charge >= 0.3 is 5.97 Å². The van der Waals surface area contributed by atoms with Crippen LogP contribution in [0.2, 0.25) is 0 Å². The Morgan fingerprint density at radius 3 is 2.30 bits per heavy atom. The summed E-state index contributed by atoms with van der Waals surface area (Å²) >= 11 is 0. The third-order valence-corrected chi connectivity index (χ3v) is 2.99. The van der Waals surface area contributed by atoms with Gasteiger partial charge in [0.05, 0.1) is 5.56 Å². The molecule has 4 heteroatoms. The molecule has 0 aromatic heterocycles. The SMILES string of the molecule is CCc1cccc(NC(=O)c2ccc(C(=O)O)cc2)c1. The first-order valence-corrected chi connectivity index (χ1v) is 6.34. The lowest BCUT2D eigenvalue weighted by atomic mass is 10.1. The summed E-state index contributed by atoms with van der Waals surface area (Å²) in [6, 6.07) is 13.5. The molecule has 20 heavy (non-hydrogen) atoms. The number of carbonyl (C=O) groups is 2. The molecular formula is C16H15NO3. The average Bonchev–Trinajstić information content (AvgIpc) is 2.47. The molecule has 0 unspecified atom stereocenters. The summed E-state index contributed by atoms with van der Waals surface area (Å²) < 4.78 is 0. The van der Waals surface area contributed by atoms with Crippen LogP contribution >= 0.6 is 0 Å². The van der Waals surface area contributed by atoms with Crippen molar-refractivity contribution in [2.45, 2.75) is 13.3 Å². The molecule has 2 aromatic carbocycles. The van der Waals surface area contributed by atoms with Gasteiger partial charge in [-0.2, -0.15) is 0 Å². The molecule has 0 aliphatic rings. The molecule has 102 valence electrons. The highest BCUT2D eigenvalue weighted by molar-refractivity contribution is 6.04. The third kappa shape index (κ3) is 3.23. The molecule has 0 aliphatic heterocycles. The fraction of sp³-hybridized carbons (Fsp3) is 0.125. The topological polar surface area (TPSA) is 66.4 Å². The largest absolute Gasteiger partial charge is 0.478 e. The van der Waals surface area contributed by atoms with E-state index in [1.54, 1.807) is 0 Å². The molecule has 0 fully saturated rings. The van der Waals surface area contributed by atoms with E-state index < -0.39 is 5.97 Å². The Kier molecular flexibility index (Phi) is 4.15. The van der Waals surface area contributed by atoms with Crippen molar-refractivity contribution in [1.29, 1.82) is 0 Å². The summed E-state index contributed by atoms with van der Waals surface area (Å²) in [6.07, 6.45) is 0.900. The molecule has 4 nitrogen and oxygen atoms in total. The zero-order valence-corrected chi connectivity index (χ0v) is 11.1. The van der Waals surface area contributed by atoms with Crippen LogP contribution in [0.5, 0.6) is 0 Å². The second-order valence-corrected chi connectivity index (χ2v) is 4.39. The molecule has 0 aliphatic carbocycles. The first-order valence-electron chi connectivity index (χ1n) is 6.34. The summed E-state index contributed by atoms with van der Waals surface area (Å²) in [5, 5.41) is 11.6. The zero-order valence-electron chi connectivity index (χ0n) is 11.1. The van der Waals surface area contributed by atoms with Gasteiger partial charge in [0.2, 0.25) is 0 Å². The Hall–Kier alpha value is -2.62. The first-order chi connectivity index (χ1) is 9.60. The maximum absolute atomic E-state index is 12.0. The van der Waals surface area contributed by atoms with Gasteiger partial charge in [-0.05, 0) is 48.4 Å². The summed E-state index contributed by atoms with van der Waals surface area (Å²) in [5.74, 6) is -1.26. The number of aromatic carboxylic acids is 1. The molecule has 1 amide bonds. The molecule has 0 heterocycles. The number of amides is 1. The molecule has 0 saturated heterocycles. The molecule has 0 atom stereocenters. The molecular weight excluding hydrogens is 254 g/mol. The van der Waals surface area contributed by atoms with Crippen molar-refractivity contribution in [3.8, 4) is 0 Å². The smallest absolute Gasteiger partial charge is 0.335 e. The fourth-order valence-electron chi connectivity index (χ4n) is 1.84. The maximum atomic E-state index is 12.0. The van der Waals surface area contributed by atoms with Gasteiger partial charge in [-0.3, -0.25) is 4.79 Å². The number of anilines is 1. The van der Waals surface area contributed by atoms with E-state index in [0.29, 0.717) is 5.56 Å². The second-order valence-electron chi connectivity index (χ2n) is 4.39. The molecule has 0 radical (unpaired) electrons. The Balaban J connectivity index is 2.13. The predicted molar refractivity (Wildman–Crippen MR) is 77.2 cm³/mol. The van der Waals surface area contributed by atoms with E-state index >= 15 is 0 Å². The number of aryl methyl sites for hydroxylation is 1. The maximum Gasteiger partial charge on any atom is 0.335 e. The van der Waals surface area contributed by atoms with Gasteiger partial charge in [0.15, 0.2) is 0 Å². The van der Waals surface area contributed by atoms with Gasteiger partial charge in [-0.25, -0.2) is 4.79 Å². The Bertz CT molecular complexity index is 632. The molecule has 0 saturated carbocycles. The number of carboxylic acid groups (broad SMARTS) is 1. The fourth-order valence-corrected chi connectivity index (χ4v) is 1.84. The van der Waals surface area contributed by atoms with Crippen molar-refractivity contribution in [1.82, 2.24) is 0 Å². The van der Waals surface area contributed by atoms with Crippen molar-refractivity contribution >= 4 is 17.6 Å². The lowest BCUT2D eigenvalue weighted by Gasteiger charge is -2.07. The highest BCUT2D eigenvalue weighted by Crippen LogP contribution is 2.13. The Morgan fingerprint density at radius 2 is 1.70 bits per heavy atom. The number of carbonyl (C=O) groups excluding carboxylic acids is 1. The first kappa shape index (κ1) is 13.8. The van der Waals surface area contributed by atoms with E-state index in [9.17, 15) is 9.59 Å². The van der Waals surface area contributed by atoms with Crippen LogP contribution < -0.4 is 5.32 Å². The summed E-state index contributed by atoms with van der Waals surface area (Å²) in [5.41, 5.74) is 2.46. The van der Waals surface area contributed by atoms with Gasteiger partial charge in [0.1, 0.15) is 0 Å². The Morgan fingerprint density at radius 1 is 1.05 bits per heavy atom. The van der Waals surface area contributed by atoms with Crippen LogP contribution in [0, 0.1) is 0 Å². The second kappa shape index (κ2) is 6.02. The van der Waals surface area contributed by atoms with Crippen molar-refractivity contribution < 1.29 is 14.7 Å². The van der Waals surface area contributed by atoms with E-state index in [-0.39, 0.29) is 11.5 Å². The van der Waals surface area contributed by atoms with E-state index in [2.05, 4.69) is 5.32 Å². The van der Waals surface area contributed by atoms with Gasteiger partial charge in [-0.15, -0.1) is 0 Å². The molecule has 0 spiro atoms. The molecule has 2 aromatic rings. The number of hydrogen-bond donors (Lipinski definition) is 2. The minimum absolute atomic E-state index is 0.162. The normalized spacial score (nSPS) is 10.1. The van der Waals surface area contributed by atoms with Crippen molar-refractivity contribution in [2.75, 3.05) is 5.32 Å². The van der Waals surface area contributed by atoms with E-state index in [1.807, 2.05) is 31.2 Å². The van der Waals surface area contributed by atoms with Crippen molar-refractivity contribution in [3.05, 3.63) is 65.2 Å². The molecule has 2 N–H and O–H groups in total. The zero-order chi connectivity index (χ0) is 14.5. The number of nitrogens with one attached hydrogen (secondary N) is 1. The Labute approximate surface area is 117 Å². The number of carboxylic acids is 1. The minimum atomic E-state index is -1.01. The van der Waals surface area contributed by atoms with Crippen LogP contribution in [-0.4, -0.2) is 17.0 Å². The van der Waals surface area contributed by atoms with Crippen LogP contribution in [-0.2, 0) is 6.42 Å². The number of benzene rings is 2. The van der Waals surface area contributed by atoms with E-state index in [0.717, 1.165) is 17.7 Å². The highest BCUT2D eigenvalue weighted by Gasteiger charge is 2.08. The highest BCUT2D eigenvalue weighted by atomic mass is 16.4.